The molecule has 0 atom stereocenters. The van der Waals surface area contributed by atoms with E-state index in [1.54, 1.807) is 0 Å². The lowest BCUT2D eigenvalue weighted by atomic mass is 10.2. The number of carbonyl (C=O) groups excluding carboxylic acids is 2. The summed E-state index contributed by atoms with van der Waals surface area (Å²) in [6.07, 6.45) is 0.643. The van der Waals surface area contributed by atoms with Crippen LogP contribution in [0.5, 0.6) is 0 Å². The Hall–Kier alpha value is -1.67. The van der Waals surface area contributed by atoms with Gasteiger partial charge >= 0.3 is 12.0 Å². The van der Waals surface area contributed by atoms with Gasteiger partial charge in [0.05, 0.1) is 0 Å². The summed E-state index contributed by atoms with van der Waals surface area (Å²) in [4.78, 5) is 32.5. The van der Waals surface area contributed by atoms with E-state index in [0.717, 1.165) is 0 Å². The summed E-state index contributed by atoms with van der Waals surface area (Å²) >= 11 is 0. The summed E-state index contributed by atoms with van der Waals surface area (Å²) in [5, 5.41) is 12.8. The van der Waals surface area contributed by atoms with E-state index in [4.69, 9.17) is 9.84 Å². The third-order valence-corrected chi connectivity index (χ3v) is 1.91. The van der Waals surface area contributed by atoms with Crippen LogP contribution in [0.15, 0.2) is 0 Å². The molecule has 0 bridgehead atoms. The first-order valence-electron chi connectivity index (χ1n) is 6.36. The van der Waals surface area contributed by atoms with Crippen molar-refractivity contribution in [3.8, 4) is 0 Å². The molecule has 3 amide bonds. The van der Waals surface area contributed by atoms with Gasteiger partial charge in [0, 0.05) is 19.8 Å². The molecule has 0 saturated heterocycles. The fraction of sp³-hybridized carbons (Fsp3) is 0.750. The van der Waals surface area contributed by atoms with Crippen molar-refractivity contribution in [1.82, 2.24) is 10.6 Å². The molecule has 8 nitrogen and oxygen atoms in total. The van der Waals surface area contributed by atoms with Crippen LogP contribution in [-0.4, -0.2) is 56.0 Å². The minimum Gasteiger partial charge on any atom is -0.480 e. The van der Waals surface area contributed by atoms with Crippen molar-refractivity contribution in [3.05, 3.63) is 0 Å². The molecule has 3 N–H and O–H groups in total. The second-order valence-electron chi connectivity index (χ2n) is 4.51. The van der Waals surface area contributed by atoms with Crippen LogP contribution in [0.3, 0.4) is 0 Å². The van der Waals surface area contributed by atoms with E-state index in [2.05, 4.69) is 10.1 Å². The first kappa shape index (κ1) is 18.3. The van der Waals surface area contributed by atoms with Gasteiger partial charge in [-0.2, -0.15) is 0 Å². The third kappa shape index (κ3) is 12.8. The molecule has 0 aromatic carbocycles. The quantitative estimate of drug-likeness (QED) is 0.487. The van der Waals surface area contributed by atoms with E-state index in [0.29, 0.717) is 32.1 Å². The number of imide groups is 1. The van der Waals surface area contributed by atoms with Crippen LogP contribution in [0, 0.1) is 5.92 Å². The molecule has 0 spiro atoms. The smallest absolute Gasteiger partial charge is 0.329 e. The number of carbonyl (C=O) groups is 3. The van der Waals surface area contributed by atoms with Gasteiger partial charge in [-0.15, -0.1) is 0 Å². The van der Waals surface area contributed by atoms with Crippen molar-refractivity contribution in [3.63, 3.8) is 0 Å². The van der Waals surface area contributed by atoms with E-state index >= 15 is 0 Å². The molecule has 0 aromatic heterocycles. The van der Waals surface area contributed by atoms with E-state index in [1.165, 1.54) is 0 Å². The summed E-state index contributed by atoms with van der Waals surface area (Å²) in [5.41, 5.74) is 0. The van der Waals surface area contributed by atoms with Gasteiger partial charge in [-0.3, -0.25) is 10.1 Å². The predicted molar refractivity (Wildman–Crippen MR) is 70.3 cm³/mol. The third-order valence-electron chi connectivity index (χ3n) is 1.91. The zero-order valence-corrected chi connectivity index (χ0v) is 11.8. The lowest BCUT2D eigenvalue weighted by molar-refractivity contribution is -0.143. The van der Waals surface area contributed by atoms with Gasteiger partial charge in [0.15, 0.2) is 0 Å². The summed E-state index contributed by atoms with van der Waals surface area (Å²) in [7, 11) is 0. The van der Waals surface area contributed by atoms with E-state index in [1.807, 2.05) is 19.2 Å². The molecule has 8 heteroatoms. The van der Waals surface area contributed by atoms with Crippen molar-refractivity contribution >= 4 is 17.9 Å². The molecule has 20 heavy (non-hydrogen) atoms. The Bertz CT molecular complexity index is 319. The number of carboxylic acids is 1. The number of rotatable bonds is 10. The van der Waals surface area contributed by atoms with Gasteiger partial charge in [-0.25, -0.2) is 9.59 Å². The summed E-state index contributed by atoms with van der Waals surface area (Å²) in [5.74, 6) is -1.40. The van der Waals surface area contributed by atoms with Gasteiger partial charge in [0.1, 0.15) is 13.2 Å². The molecular weight excluding hydrogens is 268 g/mol. The van der Waals surface area contributed by atoms with Gasteiger partial charge in [-0.05, 0) is 12.3 Å². The van der Waals surface area contributed by atoms with Crippen LogP contribution >= 0.6 is 0 Å². The fourth-order valence-electron chi connectivity index (χ4n) is 1.13. The molecule has 0 aromatic rings. The number of carboxylic acid groups (broad SMARTS) is 1. The van der Waals surface area contributed by atoms with Crippen LogP contribution in [0.4, 0.5) is 4.79 Å². The highest BCUT2D eigenvalue weighted by molar-refractivity contribution is 5.94. The molecule has 0 radical (unpaired) electrons. The molecule has 0 aliphatic heterocycles. The van der Waals surface area contributed by atoms with E-state index < -0.39 is 31.1 Å². The van der Waals surface area contributed by atoms with Crippen LogP contribution in [0.25, 0.3) is 0 Å². The number of nitrogens with one attached hydrogen (secondary N) is 2. The lowest BCUT2D eigenvalue weighted by Gasteiger charge is -2.08. The Morgan fingerprint density at radius 1 is 1.15 bits per heavy atom. The van der Waals surface area contributed by atoms with Crippen LogP contribution < -0.4 is 10.6 Å². The molecule has 0 fully saturated rings. The Morgan fingerprint density at radius 2 is 1.85 bits per heavy atom. The zero-order chi connectivity index (χ0) is 15.4. The van der Waals surface area contributed by atoms with Gasteiger partial charge < -0.3 is 19.9 Å². The first-order valence-corrected chi connectivity index (χ1v) is 6.36. The molecule has 0 heterocycles. The summed E-state index contributed by atoms with van der Waals surface area (Å²) in [6.45, 7) is 4.62. The average Bonchev–Trinajstić information content (AvgIpc) is 2.32. The topological polar surface area (TPSA) is 114 Å². The highest BCUT2D eigenvalue weighted by Gasteiger charge is 2.08. The number of urea groups is 1. The van der Waals surface area contributed by atoms with Crippen molar-refractivity contribution < 1.29 is 29.0 Å². The Labute approximate surface area is 117 Å². The minimum absolute atomic E-state index is 0.382. The predicted octanol–water partition coefficient (Wildman–Crippen LogP) is -0.0239. The molecule has 0 rings (SSSR count). The lowest BCUT2D eigenvalue weighted by Crippen LogP contribution is -2.41. The molecule has 0 unspecified atom stereocenters. The van der Waals surface area contributed by atoms with Crippen LogP contribution in [-0.2, 0) is 19.1 Å². The number of hydrogen-bond acceptors (Lipinski definition) is 5. The van der Waals surface area contributed by atoms with Crippen LogP contribution in [0.1, 0.15) is 20.3 Å². The average molecular weight is 290 g/mol. The second-order valence-corrected chi connectivity index (χ2v) is 4.51. The van der Waals surface area contributed by atoms with Crippen molar-refractivity contribution in [2.75, 3.05) is 33.0 Å². The maximum Gasteiger partial charge on any atom is 0.329 e. The molecule has 0 saturated carbocycles. The zero-order valence-electron chi connectivity index (χ0n) is 11.8. The van der Waals surface area contributed by atoms with E-state index in [9.17, 15) is 14.4 Å². The number of amides is 3. The minimum atomic E-state index is -1.18. The maximum absolute atomic E-state index is 11.2. The second kappa shape index (κ2) is 11.2. The Kier molecular flexibility index (Phi) is 10.2. The van der Waals surface area contributed by atoms with Crippen molar-refractivity contribution in [1.29, 1.82) is 0 Å². The number of aliphatic carboxylic acids is 1. The standard InChI is InChI=1S/C12H22N2O6/c1-9(2)6-19-5-3-4-13-12(18)14-10(15)7-20-8-11(16)17/h9H,3-8H2,1-2H3,(H,16,17)(H2,13,14,15,18). The van der Waals surface area contributed by atoms with E-state index in [-0.39, 0.29) is 0 Å². The Balaban J connectivity index is 3.48. The fourth-order valence-corrected chi connectivity index (χ4v) is 1.13. The SMILES string of the molecule is CC(C)COCCCNC(=O)NC(=O)COCC(=O)O. The maximum atomic E-state index is 11.2. The number of ether oxygens (including phenoxy) is 2. The number of hydrogen-bond donors (Lipinski definition) is 3. The summed E-state index contributed by atoms with van der Waals surface area (Å²) in [6, 6.07) is -0.641. The largest absolute Gasteiger partial charge is 0.480 e. The summed E-state index contributed by atoms with van der Waals surface area (Å²) < 4.78 is 9.85. The normalized spacial score (nSPS) is 10.3. The molecule has 0 aliphatic rings. The van der Waals surface area contributed by atoms with Gasteiger partial charge in [0.25, 0.3) is 5.91 Å². The molecular formula is C12H22N2O6. The molecule has 0 aliphatic carbocycles. The monoisotopic (exact) mass is 290 g/mol. The highest BCUT2D eigenvalue weighted by atomic mass is 16.5. The van der Waals surface area contributed by atoms with Crippen molar-refractivity contribution in [2.45, 2.75) is 20.3 Å². The molecule has 116 valence electrons. The Morgan fingerprint density at radius 3 is 2.45 bits per heavy atom. The highest BCUT2D eigenvalue weighted by Crippen LogP contribution is 1.92. The van der Waals surface area contributed by atoms with Gasteiger partial charge in [-0.1, -0.05) is 13.8 Å². The van der Waals surface area contributed by atoms with Crippen LogP contribution in [0.2, 0.25) is 0 Å². The van der Waals surface area contributed by atoms with Crippen molar-refractivity contribution in [2.24, 2.45) is 5.92 Å². The van der Waals surface area contributed by atoms with Gasteiger partial charge in [0.2, 0.25) is 0 Å². The first-order chi connectivity index (χ1) is 9.41.